The molecule has 0 saturated heterocycles. The molecule has 5 heteroatoms. The van der Waals surface area contributed by atoms with Gasteiger partial charge in [-0.3, -0.25) is 4.68 Å². The number of thiophene rings is 1. The van der Waals surface area contributed by atoms with Gasteiger partial charge in [0.15, 0.2) is 0 Å². The Labute approximate surface area is 107 Å². The molecule has 0 radical (unpaired) electrons. The smallest absolute Gasteiger partial charge is 0.133 e. The Morgan fingerprint density at radius 2 is 2.50 bits per heavy atom. The fraction of sp³-hybridized carbons (Fsp3) is 0.364. The third-order valence-corrected chi connectivity index (χ3v) is 4.55. The minimum absolute atomic E-state index is 0.298. The zero-order chi connectivity index (χ0) is 11.1. The first kappa shape index (κ1) is 10.5. The predicted octanol–water partition coefficient (Wildman–Crippen LogP) is 2.48. The van der Waals surface area contributed by atoms with Crippen LogP contribution in [0.15, 0.2) is 22.2 Å². The molecule has 1 atom stereocenters. The van der Waals surface area contributed by atoms with Crippen molar-refractivity contribution in [3.8, 4) is 0 Å². The molecule has 16 heavy (non-hydrogen) atoms. The van der Waals surface area contributed by atoms with Crippen molar-refractivity contribution in [3.05, 3.63) is 38.3 Å². The van der Waals surface area contributed by atoms with Gasteiger partial charge in [0.25, 0.3) is 0 Å². The fourth-order valence-corrected chi connectivity index (χ4v) is 3.80. The number of nitrogens with zero attached hydrogens (tertiary/aromatic N) is 2. The Morgan fingerprint density at radius 1 is 1.62 bits per heavy atom. The maximum absolute atomic E-state index is 4.34. The molecule has 1 aliphatic heterocycles. The molecule has 1 N–H and O–H groups in total. The second kappa shape index (κ2) is 3.98. The van der Waals surface area contributed by atoms with Crippen LogP contribution in [0.1, 0.15) is 22.0 Å². The molecule has 1 aliphatic rings. The third kappa shape index (κ3) is 1.63. The van der Waals surface area contributed by atoms with E-state index in [-0.39, 0.29) is 0 Å². The van der Waals surface area contributed by atoms with E-state index in [1.165, 1.54) is 16.0 Å². The fourth-order valence-electron chi connectivity index (χ4n) is 2.18. The number of fused-ring (bicyclic) bond motifs is 1. The summed E-state index contributed by atoms with van der Waals surface area (Å²) < 4.78 is 2.79. The highest BCUT2D eigenvalue weighted by molar-refractivity contribution is 9.10. The number of halogens is 1. The highest BCUT2D eigenvalue weighted by Crippen LogP contribution is 2.35. The largest absolute Gasteiger partial charge is 0.305 e. The number of aryl methyl sites for hydroxylation is 1. The van der Waals surface area contributed by atoms with E-state index in [2.05, 4.69) is 44.0 Å². The van der Waals surface area contributed by atoms with Gasteiger partial charge >= 0.3 is 0 Å². The summed E-state index contributed by atoms with van der Waals surface area (Å²) in [5.41, 5.74) is 2.70. The summed E-state index contributed by atoms with van der Waals surface area (Å²) >= 11 is 5.35. The van der Waals surface area contributed by atoms with Crippen molar-refractivity contribution in [2.24, 2.45) is 7.05 Å². The van der Waals surface area contributed by atoms with Gasteiger partial charge < -0.3 is 5.32 Å². The Morgan fingerprint density at radius 3 is 3.25 bits per heavy atom. The summed E-state index contributed by atoms with van der Waals surface area (Å²) in [5, 5.41) is 10.1. The molecule has 0 bridgehead atoms. The zero-order valence-electron chi connectivity index (χ0n) is 8.90. The molecule has 84 valence electrons. The average Bonchev–Trinajstić information content (AvgIpc) is 2.84. The van der Waals surface area contributed by atoms with Crippen molar-refractivity contribution < 1.29 is 0 Å². The summed E-state index contributed by atoms with van der Waals surface area (Å²) in [6.07, 6.45) is 3.21. The molecule has 2 aromatic rings. The molecule has 0 aromatic carbocycles. The van der Waals surface area contributed by atoms with E-state index in [0.717, 1.165) is 17.6 Å². The van der Waals surface area contributed by atoms with Crippen molar-refractivity contribution >= 4 is 27.3 Å². The number of rotatable bonds is 1. The van der Waals surface area contributed by atoms with Crippen LogP contribution in [0.3, 0.4) is 0 Å². The Bertz CT molecular complexity index is 517. The number of aromatic nitrogens is 2. The molecule has 3 nitrogen and oxygen atoms in total. The van der Waals surface area contributed by atoms with E-state index in [4.69, 9.17) is 0 Å². The van der Waals surface area contributed by atoms with Crippen molar-refractivity contribution in [1.82, 2.24) is 15.1 Å². The first-order valence-electron chi connectivity index (χ1n) is 5.24. The molecule has 3 rings (SSSR count). The highest BCUT2D eigenvalue weighted by atomic mass is 79.9. The minimum atomic E-state index is 0.298. The topological polar surface area (TPSA) is 29.9 Å². The zero-order valence-corrected chi connectivity index (χ0v) is 11.3. The standard InChI is InChI=1S/C11H12BrN3S/c1-15-6-8(11(12)14-15)9-10-7(2-4-13-9)3-5-16-10/h3,5-6,9,13H,2,4H2,1H3. The van der Waals surface area contributed by atoms with Crippen molar-refractivity contribution in [2.45, 2.75) is 12.5 Å². The lowest BCUT2D eigenvalue weighted by molar-refractivity contribution is 0.576. The highest BCUT2D eigenvalue weighted by Gasteiger charge is 2.25. The molecule has 0 spiro atoms. The van der Waals surface area contributed by atoms with Crippen LogP contribution >= 0.6 is 27.3 Å². The second-order valence-electron chi connectivity index (χ2n) is 4.00. The molecule has 0 fully saturated rings. The maximum atomic E-state index is 4.34. The van der Waals surface area contributed by atoms with E-state index in [1.54, 1.807) is 0 Å². The van der Waals surface area contributed by atoms with Gasteiger partial charge in [-0.1, -0.05) is 0 Å². The van der Waals surface area contributed by atoms with Crippen LogP contribution in [0.4, 0.5) is 0 Å². The quantitative estimate of drug-likeness (QED) is 0.876. The summed E-state index contributed by atoms with van der Waals surface area (Å²) in [5.74, 6) is 0. The van der Waals surface area contributed by atoms with E-state index in [1.807, 2.05) is 23.1 Å². The summed E-state index contributed by atoms with van der Waals surface area (Å²) in [4.78, 5) is 1.43. The van der Waals surface area contributed by atoms with Crippen LogP contribution in [0, 0.1) is 0 Å². The first-order valence-corrected chi connectivity index (χ1v) is 6.91. The van der Waals surface area contributed by atoms with E-state index in [9.17, 15) is 0 Å². The first-order chi connectivity index (χ1) is 7.75. The monoisotopic (exact) mass is 297 g/mol. The van der Waals surface area contributed by atoms with E-state index < -0.39 is 0 Å². The van der Waals surface area contributed by atoms with Gasteiger partial charge in [0.05, 0.1) is 6.04 Å². The van der Waals surface area contributed by atoms with Crippen molar-refractivity contribution in [3.63, 3.8) is 0 Å². The Kier molecular flexibility index (Phi) is 2.61. The van der Waals surface area contributed by atoms with Gasteiger partial charge in [0.1, 0.15) is 4.60 Å². The van der Waals surface area contributed by atoms with Gasteiger partial charge in [0.2, 0.25) is 0 Å². The SMILES string of the molecule is Cn1cc(C2NCCc3ccsc32)c(Br)n1. The number of hydrogen-bond donors (Lipinski definition) is 1. The van der Waals surface area contributed by atoms with Gasteiger partial charge in [-0.15, -0.1) is 11.3 Å². The van der Waals surface area contributed by atoms with Crippen LogP contribution in [0.5, 0.6) is 0 Å². The van der Waals surface area contributed by atoms with Gasteiger partial charge in [0, 0.05) is 30.2 Å². The lowest BCUT2D eigenvalue weighted by Crippen LogP contribution is -2.29. The summed E-state index contributed by atoms with van der Waals surface area (Å²) in [6.45, 7) is 1.04. The molecular formula is C11H12BrN3S. The normalized spacial score (nSPS) is 19.8. The molecule has 0 saturated carbocycles. The van der Waals surface area contributed by atoms with Crippen molar-refractivity contribution in [2.75, 3.05) is 6.54 Å². The van der Waals surface area contributed by atoms with Crippen LogP contribution in [-0.2, 0) is 13.5 Å². The molecule has 2 aromatic heterocycles. The van der Waals surface area contributed by atoms with Crippen LogP contribution in [-0.4, -0.2) is 16.3 Å². The van der Waals surface area contributed by atoms with Crippen LogP contribution < -0.4 is 5.32 Å². The van der Waals surface area contributed by atoms with Crippen molar-refractivity contribution in [1.29, 1.82) is 0 Å². The van der Waals surface area contributed by atoms with E-state index in [0.29, 0.717) is 6.04 Å². The number of hydrogen-bond acceptors (Lipinski definition) is 3. The molecule has 0 aliphatic carbocycles. The van der Waals surface area contributed by atoms with Gasteiger partial charge in [-0.05, 0) is 39.4 Å². The lowest BCUT2D eigenvalue weighted by atomic mass is 10.0. The third-order valence-electron chi connectivity index (χ3n) is 2.91. The number of nitrogens with one attached hydrogen (secondary N) is 1. The average molecular weight is 298 g/mol. The van der Waals surface area contributed by atoms with E-state index >= 15 is 0 Å². The Balaban J connectivity index is 2.07. The predicted molar refractivity (Wildman–Crippen MR) is 68.8 cm³/mol. The van der Waals surface area contributed by atoms with Gasteiger partial charge in [-0.2, -0.15) is 5.10 Å². The van der Waals surface area contributed by atoms with Crippen LogP contribution in [0.2, 0.25) is 0 Å². The summed E-state index contributed by atoms with van der Waals surface area (Å²) in [6, 6.07) is 2.53. The summed E-state index contributed by atoms with van der Waals surface area (Å²) in [7, 11) is 1.95. The molecule has 1 unspecified atom stereocenters. The second-order valence-corrected chi connectivity index (χ2v) is 5.69. The lowest BCUT2D eigenvalue weighted by Gasteiger charge is -2.23. The van der Waals surface area contributed by atoms with Gasteiger partial charge in [-0.25, -0.2) is 0 Å². The Hall–Kier alpha value is -0.650. The molecular weight excluding hydrogens is 286 g/mol. The minimum Gasteiger partial charge on any atom is -0.305 e. The molecule has 0 amide bonds. The van der Waals surface area contributed by atoms with Crippen LogP contribution in [0.25, 0.3) is 0 Å². The maximum Gasteiger partial charge on any atom is 0.133 e. The molecule has 3 heterocycles.